The lowest BCUT2D eigenvalue weighted by Crippen LogP contribution is -2.30. The average Bonchev–Trinajstić information content (AvgIpc) is 2.80. The Bertz CT molecular complexity index is 471. The molecule has 3 N–H and O–H groups in total. The van der Waals surface area contributed by atoms with Gasteiger partial charge in [-0.05, 0) is 19.1 Å². The molecule has 6 heteroatoms. The molecule has 2 rings (SSSR count). The maximum atomic E-state index is 6.05. The van der Waals surface area contributed by atoms with Crippen LogP contribution in [0.15, 0.2) is 22.7 Å². The van der Waals surface area contributed by atoms with Gasteiger partial charge in [0.1, 0.15) is 17.6 Å². The summed E-state index contributed by atoms with van der Waals surface area (Å²) in [5, 5.41) is 4.62. The van der Waals surface area contributed by atoms with Crippen LogP contribution in [0.4, 0.5) is 0 Å². The lowest BCUT2D eigenvalue weighted by Gasteiger charge is -2.14. The minimum atomic E-state index is -0.298. The van der Waals surface area contributed by atoms with E-state index in [1.54, 1.807) is 17.9 Å². The number of hydrogen-bond acceptors (Lipinski definition) is 4. The molecule has 0 amide bonds. The maximum absolute atomic E-state index is 6.05. The zero-order valence-electron chi connectivity index (χ0n) is 9.07. The number of nitrogens with one attached hydrogen (secondary N) is 1. The Hall–Kier alpha value is -1.30. The van der Waals surface area contributed by atoms with Gasteiger partial charge in [-0.25, -0.2) is 5.43 Å². The van der Waals surface area contributed by atoms with E-state index in [1.165, 1.54) is 0 Å². The lowest BCUT2D eigenvalue weighted by atomic mass is 10.1. The number of halogens is 1. The van der Waals surface area contributed by atoms with E-state index in [4.69, 9.17) is 21.9 Å². The summed E-state index contributed by atoms with van der Waals surface area (Å²) in [5.74, 6) is 7.07. The summed E-state index contributed by atoms with van der Waals surface area (Å²) in [5.41, 5.74) is 3.45. The van der Waals surface area contributed by atoms with Crippen LogP contribution in [0.3, 0.4) is 0 Å². The molecule has 16 heavy (non-hydrogen) atoms. The van der Waals surface area contributed by atoms with Crippen molar-refractivity contribution in [1.29, 1.82) is 0 Å². The number of hydrogen-bond donors (Lipinski definition) is 2. The quantitative estimate of drug-likeness (QED) is 0.631. The number of nitrogens with two attached hydrogens (primary N) is 1. The highest BCUT2D eigenvalue weighted by atomic mass is 35.5. The third-order valence-electron chi connectivity index (χ3n) is 2.42. The molecule has 0 radical (unpaired) electrons. The summed E-state index contributed by atoms with van der Waals surface area (Å²) in [4.78, 5) is 0. The molecule has 0 aromatic carbocycles. The van der Waals surface area contributed by atoms with Crippen molar-refractivity contribution in [3.8, 4) is 0 Å². The number of furan rings is 1. The van der Waals surface area contributed by atoms with E-state index in [2.05, 4.69) is 10.5 Å². The fraction of sp³-hybridized carbons (Fsp3) is 0.300. The van der Waals surface area contributed by atoms with E-state index >= 15 is 0 Å². The fourth-order valence-electron chi connectivity index (χ4n) is 1.65. The molecule has 0 spiro atoms. The van der Waals surface area contributed by atoms with Gasteiger partial charge in [-0.1, -0.05) is 11.6 Å². The van der Waals surface area contributed by atoms with Crippen molar-refractivity contribution >= 4 is 11.6 Å². The highest BCUT2D eigenvalue weighted by molar-refractivity contribution is 6.31. The molecule has 0 saturated carbocycles. The van der Waals surface area contributed by atoms with E-state index in [0.29, 0.717) is 10.8 Å². The number of aromatic nitrogens is 2. The standard InChI is InChI=1S/C10H13ClN4O/c1-6-3-4-8(16-6)9(14-12)10-7(11)5-13-15(10)2/h3-5,9,14H,12H2,1-2H3. The smallest absolute Gasteiger partial charge is 0.128 e. The third kappa shape index (κ3) is 1.84. The Morgan fingerprint density at radius 3 is 2.75 bits per heavy atom. The molecule has 0 saturated heterocycles. The minimum absolute atomic E-state index is 0.298. The van der Waals surface area contributed by atoms with Crippen LogP contribution in [-0.2, 0) is 7.05 Å². The van der Waals surface area contributed by atoms with Crippen molar-refractivity contribution in [2.45, 2.75) is 13.0 Å². The monoisotopic (exact) mass is 240 g/mol. The molecular weight excluding hydrogens is 228 g/mol. The minimum Gasteiger partial charge on any atom is -0.464 e. The van der Waals surface area contributed by atoms with E-state index in [9.17, 15) is 0 Å². The number of nitrogens with zero attached hydrogens (tertiary/aromatic N) is 2. The Kier molecular flexibility index (Phi) is 3.00. The Balaban J connectivity index is 2.44. The van der Waals surface area contributed by atoms with Crippen molar-refractivity contribution in [1.82, 2.24) is 15.2 Å². The van der Waals surface area contributed by atoms with Gasteiger partial charge in [-0.15, -0.1) is 0 Å². The second-order valence-corrected chi connectivity index (χ2v) is 3.96. The molecule has 2 heterocycles. The first-order chi connectivity index (χ1) is 7.63. The van der Waals surface area contributed by atoms with Gasteiger partial charge < -0.3 is 4.42 Å². The molecule has 5 nitrogen and oxygen atoms in total. The SMILES string of the molecule is Cc1ccc(C(NN)c2c(Cl)cnn2C)o1. The van der Waals surface area contributed by atoms with Gasteiger partial charge in [0.15, 0.2) is 0 Å². The van der Waals surface area contributed by atoms with Crippen LogP contribution in [0.5, 0.6) is 0 Å². The van der Waals surface area contributed by atoms with Gasteiger partial charge in [-0.3, -0.25) is 10.5 Å². The van der Waals surface area contributed by atoms with Crippen LogP contribution in [0, 0.1) is 6.92 Å². The second-order valence-electron chi connectivity index (χ2n) is 3.55. The first kappa shape index (κ1) is 11.2. The molecule has 1 unspecified atom stereocenters. The molecule has 0 aliphatic heterocycles. The Labute approximate surface area is 98.1 Å². The largest absolute Gasteiger partial charge is 0.464 e. The van der Waals surface area contributed by atoms with Crippen molar-refractivity contribution in [3.63, 3.8) is 0 Å². The first-order valence-electron chi connectivity index (χ1n) is 4.83. The van der Waals surface area contributed by atoms with E-state index in [0.717, 1.165) is 11.5 Å². The predicted molar refractivity (Wildman–Crippen MR) is 60.8 cm³/mol. The average molecular weight is 241 g/mol. The molecule has 86 valence electrons. The highest BCUT2D eigenvalue weighted by Gasteiger charge is 2.22. The highest BCUT2D eigenvalue weighted by Crippen LogP contribution is 2.28. The number of aryl methyl sites for hydroxylation is 2. The van der Waals surface area contributed by atoms with Crippen LogP contribution in [0.1, 0.15) is 23.3 Å². The van der Waals surface area contributed by atoms with Crippen LogP contribution < -0.4 is 11.3 Å². The molecule has 2 aromatic heterocycles. The third-order valence-corrected chi connectivity index (χ3v) is 2.71. The van der Waals surface area contributed by atoms with Crippen molar-refractivity contribution in [3.05, 3.63) is 40.6 Å². The van der Waals surface area contributed by atoms with Gasteiger partial charge in [-0.2, -0.15) is 5.10 Å². The van der Waals surface area contributed by atoms with Crippen LogP contribution in [0.2, 0.25) is 5.02 Å². The number of rotatable bonds is 3. The topological polar surface area (TPSA) is 69.0 Å². The predicted octanol–water partition coefficient (Wildman–Crippen LogP) is 1.53. The molecule has 0 aliphatic rings. The second kappa shape index (κ2) is 4.29. The summed E-state index contributed by atoms with van der Waals surface area (Å²) in [6.45, 7) is 1.88. The van der Waals surface area contributed by atoms with E-state index in [-0.39, 0.29) is 6.04 Å². The summed E-state index contributed by atoms with van der Waals surface area (Å²) < 4.78 is 7.20. The van der Waals surface area contributed by atoms with Crippen LogP contribution in [-0.4, -0.2) is 9.78 Å². The zero-order chi connectivity index (χ0) is 11.7. The summed E-state index contributed by atoms with van der Waals surface area (Å²) in [6.07, 6.45) is 1.58. The molecule has 0 fully saturated rings. The first-order valence-corrected chi connectivity index (χ1v) is 5.21. The zero-order valence-corrected chi connectivity index (χ0v) is 9.82. The Morgan fingerprint density at radius 1 is 1.56 bits per heavy atom. The number of hydrazine groups is 1. The van der Waals surface area contributed by atoms with E-state index < -0.39 is 0 Å². The Morgan fingerprint density at radius 2 is 2.31 bits per heavy atom. The van der Waals surface area contributed by atoms with Gasteiger partial charge >= 0.3 is 0 Å². The van der Waals surface area contributed by atoms with Gasteiger partial charge in [0.05, 0.1) is 16.9 Å². The van der Waals surface area contributed by atoms with Gasteiger partial charge in [0.25, 0.3) is 0 Å². The van der Waals surface area contributed by atoms with Gasteiger partial charge in [0, 0.05) is 7.05 Å². The van der Waals surface area contributed by atoms with Crippen molar-refractivity contribution < 1.29 is 4.42 Å². The molecular formula is C10H13ClN4O. The fourth-order valence-corrected chi connectivity index (χ4v) is 1.92. The maximum Gasteiger partial charge on any atom is 0.128 e. The van der Waals surface area contributed by atoms with Crippen molar-refractivity contribution in [2.75, 3.05) is 0 Å². The van der Waals surface area contributed by atoms with Gasteiger partial charge in [0.2, 0.25) is 0 Å². The summed E-state index contributed by atoms with van der Waals surface area (Å²) in [6, 6.07) is 3.45. The normalized spacial score (nSPS) is 13.0. The molecule has 0 aliphatic carbocycles. The molecule has 0 bridgehead atoms. The summed E-state index contributed by atoms with van der Waals surface area (Å²) >= 11 is 6.05. The summed E-state index contributed by atoms with van der Waals surface area (Å²) in [7, 11) is 1.81. The van der Waals surface area contributed by atoms with E-state index in [1.807, 2.05) is 19.1 Å². The molecule has 1 atom stereocenters. The van der Waals surface area contributed by atoms with Crippen LogP contribution >= 0.6 is 11.6 Å². The van der Waals surface area contributed by atoms with Crippen LogP contribution in [0.25, 0.3) is 0 Å². The van der Waals surface area contributed by atoms with Crippen molar-refractivity contribution in [2.24, 2.45) is 12.9 Å². The molecule has 2 aromatic rings. The lowest BCUT2D eigenvalue weighted by molar-refractivity contribution is 0.423.